The van der Waals surface area contributed by atoms with Crippen LogP contribution in [0.3, 0.4) is 0 Å². The van der Waals surface area contributed by atoms with Crippen molar-refractivity contribution in [1.29, 1.82) is 0 Å². The van der Waals surface area contributed by atoms with Gasteiger partial charge in [0.1, 0.15) is 6.10 Å². The maximum absolute atomic E-state index is 5.33. The molecule has 2 heteroatoms. The molecule has 1 aliphatic carbocycles. The Hall–Kier alpha value is -0.530. The van der Waals surface area contributed by atoms with Crippen LogP contribution in [0.15, 0.2) is 5.16 Å². The summed E-state index contributed by atoms with van der Waals surface area (Å²) in [6.07, 6.45) is 4.28. The minimum atomic E-state index is 0.416. The van der Waals surface area contributed by atoms with Crippen LogP contribution < -0.4 is 0 Å². The van der Waals surface area contributed by atoms with E-state index in [0.29, 0.717) is 12.0 Å². The van der Waals surface area contributed by atoms with Gasteiger partial charge >= 0.3 is 0 Å². The lowest BCUT2D eigenvalue weighted by Gasteiger charge is -2.28. The molecule has 2 nitrogen and oxygen atoms in total. The predicted molar refractivity (Wildman–Crippen MR) is 44.5 cm³/mol. The van der Waals surface area contributed by atoms with Gasteiger partial charge in [-0.25, -0.2) is 0 Å². The van der Waals surface area contributed by atoms with E-state index in [1.54, 1.807) is 0 Å². The van der Waals surface area contributed by atoms with Gasteiger partial charge in [0.2, 0.25) is 0 Å². The largest absolute Gasteiger partial charge is 0.392 e. The van der Waals surface area contributed by atoms with Crippen LogP contribution in [-0.2, 0) is 4.84 Å². The normalized spacial score (nSPS) is 42.7. The molecular weight excluding hydrogens is 138 g/mol. The molecule has 3 unspecified atom stereocenters. The molecule has 0 aromatic rings. The van der Waals surface area contributed by atoms with Crippen LogP contribution in [0.5, 0.6) is 0 Å². The lowest BCUT2D eigenvalue weighted by Crippen LogP contribution is -2.32. The standard InChI is InChI=1S/C9H15NO/c1-6-4-3-5-8-9(6)7(2)10-11-8/h6,8-9H,3-5H2,1-2H3. The smallest absolute Gasteiger partial charge is 0.135 e. The summed E-state index contributed by atoms with van der Waals surface area (Å²) < 4.78 is 0. The fraction of sp³-hybridized carbons (Fsp3) is 0.889. The van der Waals surface area contributed by atoms with Crippen molar-refractivity contribution in [3.05, 3.63) is 0 Å². The molecule has 0 aromatic heterocycles. The van der Waals surface area contributed by atoms with Crippen molar-refractivity contribution in [3.8, 4) is 0 Å². The highest BCUT2D eigenvalue weighted by Crippen LogP contribution is 2.36. The highest BCUT2D eigenvalue weighted by atomic mass is 16.6. The van der Waals surface area contributed by atoms with E-state index in [1.807, 2.05) is 0 Å². The van der Waals surface area contributed by atoms with Crippen molar-refractivity contribution in [1.82, 2.24) is 0 Å². The van der Waals surface area contributed by atoms with E-state index in [-0.39, 0.29) is 0 Å². The summed E-state index contributed by atoms with van der Waals surface area (Å²) in [4.78, 5) is 5.33. The van der Waals surface area contributed by atoms with E-state index >= 15 is 0 Å². The van der Waals surface area contributed by atoms with Crippen LogP contribution in [0.4, 0.5) is 0 Å². The van der Waals surface area contributed by atoms with E-state index < -0.39 is 0 Å². The van der Waals surface area contributed by atoms with E-state index in [0.717, 1.165) is 5.92 Å². The Kier molecular flexibility index (Phi) is 1.63. The molecule has 3 atom stereocenters. The SMILES string of the molecule is CC1=NOC2CCCC(C)C12. The molecule has 2 rings (SSSR count). The highest BCUT2D eigenvalue weighted by Gasteiger charge is 2.38. The van der Waals surface area contributed by atoms with Gasteiger partial charge < -0.3 is 4.84 Å². The maximum Gasteiger partial charge on any atom is 0.135 e. The van der Waals surface area contributed by atoms with Gasteiger partial charge in [0.05, 0.1) is 5.71 Å². The molecule has 1 saturated carbocycles. The number of fused-ring (bicyclic) bond motifs is 1. The molecule has 1 aliphatic heterocycles. The summed E-state index contributed by atoms with van der Waals surface area (Å²) in [6, 6.07) is 0. The van der Waals surface area contributed by atoms with Crippen molar-refractivity contribution < 1.29 is 4.84 Å². The number of nitrogens with zero attached hydrogens (tertiary/aromatic N) is 1. The van der Waals surface area contributed by atoms with E-state index in [9.17, 15) is 0 Å². The van der Waals surface area contributed by atoms with Gasteiger partial charge in [-0.2, -0.15) is 0 Å². The highest BCUT2D eigenvalue weighted by molar-refractivity contribution is 5.85. The molecule has 0 aromatic carbocycles. The summed E-state index contributed by atoms with van der Waals surface area (Å²) in [5.41, 5.74) is 1.21. The summed E-state index contributed by atoms with van der Waals surface area (Å²) >= 11 is 0. The third-order valence-electron chi connectivity index (χ3n) is 2.98. The lowest BCUT2D eigenvalue weighted by molar-refractivity contribution is 0.0236. The average Bonchev–Trinajstić information content (AvgIpc) is 2.34. The molecule has 0 radical (unpaired) electrons. The second-order valence-corrected chi connectivity index (χ2v) is 3.81. The Bertz CT molecular complexity index is 188. The fourth-order valence-electron chi connectivity index (χ4n) is 2.38. The number of hydrogen-bond acceptors (Lipinski definition) is 2. The second kappa shape index (κ2) is 2.50. The third kappa shape index (κ3) is 1.05. The zero-order chi connectivity index (χ0) is 7.84. The molecule has 1 heterocycles. The van der Waals surface area contributed by atoms with Crippen molar-refractivity contribution in [2.75, 3.05) is 0 Å². The van der Waals surface area contributed by atoms with Gasteiger partial charge in [0.15, 0.2) is 0 Å². The Balaban J connectivity index is 2.15. The zero-order valence-electron chi connectivity index (χ0n) is 7.21. The molecule has 62 valence electrons. The average molecular weight is 153 g/mol. The molecule has 0 spiro atoms. The number of oxime groups is 1. The third-order valence-corrected chi connectivity index (χ3v) is 2.98. The van der Waals surface area contributed by atoms with E-state index in [1.165, 1.54) is 25.0 Å². The lowest BCUT2D eigenvalue weighted by atomic mass is 9.76. The van der Waals surface area contributed by atoms with Crippen LogP contribution in [-0.4, -0.2) is 11.8 Å². The quantitative estimate of drug-likeness (QED) is 0.522. The Morgan fingerprint density at radius 3 is 3.00 bits per heavy atom. The first-order chi connectivity index (χ1) is 5.29. The van der Waals surface area contributed by atoms with Crippen molar-refractivity contribution in [3.63, 3.8) is 0 Å². The molecule has 11 heavy (non-hydrogen) atoms. The summed E-state index contributed by atoms with van der Waals surface area (Å²) in [5.74, 6) is 1.41. The molecule has 0 bridgehead atoms. The van der Waals surface area contributed by atoms with Crippen molar-refractivity contribution in [2.24, 2.45) is 17.0 Å². The Morgan fingerprint density at radius 1 is 1.45 bits per heavy atom. The minimum absolute atomic E-state index is 0.416. The van der Waals surface area contributed by atoms with Crippen LogP contribution in [0.2, 0.25) is 0 Å². The summed E-state index contributed by atoms with van der Waals surface area (Å²) in [6.45, 7) is 4.40. The topological polar surface area (TPSA) is 21.6 Å². The first kappa shape index (κ1) is 7.14. The van der Waals surface area contributed by atoms with Crippen molar-refractivity contribution in [2.45, 2.75) is 39.2 Å². The van der Waals surface area contributed by atoms with Gasteiger partial charge in [-0.1, -0.05) is 12.1 Å². The van der Waals surface area contributed by atoms with Crippen LogP contribution in [0.25, 0.3) is 0 Å². The Morgan fingerprint density at radius 2 is 2.27 bits per heavy atom. The van der Waals surface area contributed by atoms with Crippen LogP contribution >= 0.6 is 0 Å². The maximum atomic E-state index is 5.33. The predicted octanol–water partition coefficient (Wildman–Crippen LogP) is 2.20. The van der Waals surface area contributed by atoms with Crippen molar-refractivity contribution >= 4 is 5.71 Å². The number of hydrogen-bond donors (Lipinski definition) is 0. The number of rotatable bonds is 0. The second-order valence-electron chi connectivity index (χ2n) is 3.81. The van der Waals surface area contributed by atoms with Gasteiger partial charge in [-0.3, -0.25) is 0 Å². The Labute approximate surface area is 67.6 Å². The minimum Gasteiger partial charge on any atom is -0.392 e. The fourth-order valence-corrected chi connectivity index (χ4v) is 2.38. The van der Waals surface area contributed by atoms with Crippen LogP contribution in [0, 0.1) is 11.8 Å². The summed E-state index contributed by atoms with van der Waals surface area (Å²) in [7, 11) is 0. The molecule has 2 aliphatic rings. The zero-order valence-corrected chi connectivity index (χ0v) is 7.21. The molecule has 0 saturated heterocycles. The molecule has 1 fully saturated rings. The molecule has 0 amide bonds. The first-order valence-electron chi connectivity index (χ1n) is 4.49. The van der Waals surface area contributed by atoms with E-state index in [2.05, 4.69) is 19.0 Å². The van der Waals surface area contributed by atoms with Gasteiger partial charge in [0, 0.05) is 5.92 Å². The van der Waals surface area contributed by atoms with Gasteiger partial charge in [-0.05, 0) is 32.1 Å². The van der Waals surface area contributed by atoms with E-state index in [4.69, 9.17) is 4.84 Å². The molecule has 0 N–H and O–H groups in total. The van der Waals surface area contributed by atoms with Gasteiger partial charge in [0.25, 0.3) is 0 Å². The first-order valence-corrected chi connectivity index (χ1v) is 4.49. The monoisotopic (exact) mass is 153 g/mol. The summed E-state index contributed by atoms with van der Waals surface area (Å²) in [5, 5.41) is 4.05. The molecular formula is C9H15NO. The van der Waals surface area contributed by atoms with Crippen LogP contribution in [0.1, 0.15) is 33.1 Å². The van der Waals surface area contributed by atoms with Gasteiger partial charge in [-0.15, -0.1) is 0 Å².